The van der Waals surface area contributed by atoms with Crippen molar-refractivity contribution in [2.24, 2.45) is 5.10 Å². The van der Waals surface area contributed by atoms with E-state index in [-0.39, 0.29) is 5.76 Å². The van der Waals surface area contributed by atoms with Crippen LogP contribution in [-0.4, -0.2) is 23.3 Å². The summed E-state index contributed by atoms with van der Waals surface area (Å²) >= 11 is 5.26. The molecule has 136 valence electrons. The lowest BCUT2D eigenvalue weighted by Gasteiger charge is -2.23. The van der Waals surface area contributed by atoms with E-state index in [0.717, 1.165) is 18.4 Å². The number of carbonyl (C=O) groups excluding carboxylic acids is 1. The first-order chi connectivity index (χ1) is 12.7. The van der Waals surface area contributed by atoms with Gasteiger partial charge in [0, 0.05) is 6.04 Å². The molecule has 1 fully saturated rings. The number of nitrogens with one attached hydrogen (secondary N) is 2. The number of hydrogen-bond donors (Lipinski definition) is 2. The van der Waals surface area contributed by atoms with Crippen molar-refractivity contribution in [3.8, 4) is 5.75 Å². The minimum absolute atomic E-state index is 0.166. The Morgan fingerprint density at radius 1 is 1.19 bits per heavy atom. The molecule has 0 atom stereocenters. The molecule has 0 saturated heterocycles. The zero-order valence-electron chi connectivity index (χ0n) is 14.3. The van der Waals surface area contributed by atoms with Crippen molar-refractivity contribution < 1.29 is 13.9 Å². The van der Waals surface area contributed by atoms with Gasteiger partial charge in [0.05, 0.1) is 12.5 Å². The summed E-state index contributed by atoms with van der Waals surface area (Å²) in [6.45, 7) is 0. The van der Waals surface area contributed by atoms with Crippen LogP contribution in [-0.2, 0) is 0 Å². The number of thiocarbonyl (C=S) groups is 1. The maximum Gasteiger partial charge on any atom is 0.379 e. The van der Waals surface area contributed by atoms with Crippen LogP contribution < -0.4 is 15.5 Å². The van der Waals surface area contributed by atoms with Crippen LogP contribution in [0.25, 0.3) is 0 Å². The topological polar surface area (TPSA) is 75.9 Å². The predicted octanol–water partition coefficient (Wildman–Crippen LogP) is 3.63. The van der Waals surface area contributed by atoms with Crippen LogP contribution in [0.2, 0.25) is 0 Å². The SMILES string of the molecule is O=C(Oc1ccc(/C=N/NC(=S)NC2CCCCC2)cc1)c1ccco1. The molecule has 0 spiro atoms. The second-order valence-electron chi connectivity index (χ2n) is 6.11. The molecule has 1 aliphatic rings. The zero-order valence-corrected chi connectivity index (χ0v) is 15.1. The molecule has 6 nitrogen and oxygen atoms in total. The molecule has 0 unspecified atom stereocenters. The van der Waals surface area contributed by atoms with E-state index in [1.165, 1.54) is 25.5 Å². The lowest BCUT2D eigenvalue weighted by Crippen LogP contribution is -2.40. The van der Waals surface area contributed by atoms with Gasteiger partial charge in [0.2, 0.25) is 5.76 Å². The van der Waals surface area contributed by atoms with Crippen molar-refractivity contribution in [2.45, 2.75) is 38.1 Å². The highest BCUT2D eigenvalue weighted by Crippen LogP contribution is 2.17. The number of hydrogen-bond acceptors (Lipinski definition) is 5. The third-order valence-corrected chi connectivity index (χ3v) is 4.34. The maximum absolute atomic E-state index is 11.8. The van der Waals surface area contributed by atoms with Crippen molar-refractivity contribution in [2.75, 3.05) is 0 Å². The molecular formula is C19H21N3O3S. The highest BCUT2D eigenvalue weighted by molar-refractivity contribution is 7.80. The number of nitrogens with zero attached hydrogens (tertiary/aromatic N) is 1. The molecule has 1 heterocycles. The average molecular weight is 371 g/mol. The van der Waals surface area contributed by atoms with Crippen molar-refractivity contribution in [1.82, 2.24) is 10.7 Å². The van der Waals surface area contributed by atoms with Gasteiger partial charge in [0.15, 0.2) is 5.11 Å². The van der Waals surface area contributed by atoms with Crippen molar-refractivity contribution in [3.05, 3.63) is 54.0 Å². The zero-order chi connectivity index (χ0) is 18.2. The lowest BCUT2D eigenvalue weighted by molar-refractivity contribution is 0.0701. The van der Waals surface area contributed by atoms with Gasteiger partial charge in [-0.3, -0.25) is 5.43 Å². The second-order valence-corrected chi connectivity index (χ2v) is 6.52. The summed E-state index contributed by atoms with van der Waals surface area (Å²) in [5.41, 5.74) is 3.69. The molecule has 7 heteroatoms. The van der Waals surface area contributed by atoms with Crippen LogP contribution in [0.3, 0.4) is 0 Å². The number of rotatable bonds is 5. The van der Waals surface area contributed by atoms with Crippen LogP contribution in [0.15, 0.2) is 52.2 Å². The number of hydrazone groups is 1. The first kappa shape index (κ1) is 18.1. The Kier molecular flexibility index (Phi) is 6.38. The van der Waals surface area contributed by atoms with E-state index >= 15 is 0 Å². The van der Waals surface area contributed by atoms with Gasteiger partial charge >= 0.3 is 5.97 Å². The number of furan rings is 1. The quantitative estimate of drug-likeness (QED) is 0.275. The van der Waals surface area contributed by atoms with Crippen LogP contribution >= 0.6 is 12.2 Å². The molecule has 1 saturated carbocycles. The monoisotopic (exact) mass is 371 g/mol. The van der Waals surface area contributed by atoms with Crippen LogP contribution in [0, 0.1) is 0 Å². The molecule has 0 amide bonds. The third-order valence-electron chi connectivity index (χ3n) is 4.13. The van der Waals surface area contributed by atoms with Gasteiger partial charge in [-0.1, -0.05) is 19.3 Å². The van der Waals surface area contributed by atoms with Gasteiger partial charge in [-0.2, -0.15) is 5.10 Å². The second kappa shape index (κ2) is 9.15. The summed E-state index contributed by atoms with van der Waals surface area (Å²) in [4.78, 5) is 11.8. The molecule has 2 aromatic rings. The standard InChI is InChI=1S/C19H21N3O3S/c23-18(17-7-4-12-24-17)25-16-10-8-14(9-11-16)13-20-22-19(26)21-15-5-2-1-3-6-15/h4,7-13,15H,1-3,5-6H2,(H2,21,22,26)/b20-13+. The average Bonchev–Trinajstić information content (AvgIpc) is 3.19. The van der Waals surface area contributed by atoms with E-state index in [9.17, 15) is 4.79 Å². The number of esters is 1. The van der Waals surface area contributed by atoms with Gasteiger partial charge in [-0.25, -0.2) is 4.79 Å². The molecule has 3 rings (SSSR count). The Bertz CT molecular complexity index is 751. The van der Waals surface area contributed by atoms with Gasteiger partial charge in [0.1, 0.15) is 5.75 Å². The molecule has 0 bridgehead atoms. The van der Waals surface area contributed by atoms with E-state index in [1.807, 2.05) is 0 Å². The molecule has 26 heavy (non-hydrogen) atoms. The Balaban J connectivity index is 1.45. The van der Waals surface area contributed by atoms with Gasteiger partial charge < -0.3 is 14.5 Å². The smallest absolute Gasteiger partial charge is 0.379 e. The van der Waals surface area contributed by atoms with E-state index in [2.05, 4.69) is 15.8 Å². The van der Waals surface area contributed by atoms with Crippen LogP contribution in [0.4, 0.5) is 0 Å². The van der Waals surface area contributed by atoms with E-state index in [0.29, 0.717) is 16.9 Å². The minimum Gasteiger partial charge on any atom is -0.457 e. The third kappa shape index (κ3) is 5.42. The maximum atomic E-state index is 11.8. The van der Waals surface area contributed by atoms with E-state index in [4.69, 9.17) is 21.4 Å². The molecular weight excluding hydrogens is 350 g/mol. The number of ether oxygens (including phenoxy) is 1. The Morgan fingerprint density at radius 2 is 1.96 bits per heavy atom. The Morgan fingerprint density at radius 3 is 2.65 bits per heavy atom. The largest absolute Gasteiger partial charge is 0.457 e. The summed E-state index contributed by atoms with van der Waals surface area (Å²) < 4.78 is 10.2. The fraction of sp³-hybridized carbons (Fsp3) is 0.316. The Hall–Kier alpha value is -2.67. The fourth-order valence-corrected chi connectivity index (χ4v) is 3.02. The minimum atomic E-state index is -0.530. The highest BCUT2D eigenvalue weighted by Gasteiger charge is 2.13. The van der Waals surface area contributed by atoms with E-state index < -0.39 is 5.97 Å². The van der Waals surface area contributed by atoms with Crippen molar-refractivity contribution in [3.63, 3.8) is 0 Å². The fourth-order valence-electron chi connectivity index (χ4n) is 2.80. The predicted molar refractivity (Wildman–Crippen MR) is 103 cm³/mol. The van der Waals surface area contributed by atoms with Crippen molar-refractivity contribution >= 4 is 29.5 Å². The highest BCUT2D eigenvalue weighted by atomic mass is 32.1. The van der Waals surface area contributed by atoms with Crippen LogP contribution in [0.1, 0.15) is 48.2 Å². The molecule has 0 radical (unpaired) electrons. The van der Waals surface area contributed by atoms with Crippen molar-refractivity contribution in [1.29, 1.82) is 0 Å². The molecule has 2 N–H and O–H groups in total. The summed E-state index contributed by atoms with van der Waals surface area (Å²) in [7, 11) is 0. The van der Waals surface area contributed by atoms with E-state index in [1.54, 1.807) is 42.6 Å². The normalized spacial score (nSPS) is 14.9. The number of benzene rings is 1. The first-order valence-electron chi connectivity index (χ1n) is 8.66. The van der Waals surface area contributed by atoms with Gasteiger partial charge in [0.25, 0.3) is 0 Å². The van der Waals surface area contributed by atoms with Crippen LogP contribution in [0.5, 0.6) is 5.75 Å². The summed E-state index contributed by atoms with van der Waals surface area (Å²) in [6.07, 6.45) is 9.21. The summed E-state index contributed by atoms with van der Waals surface area (Å²) in [5, 5.41) is 7.97. The Labute approximate surface area is 157 Å². The lowest BCUT2D eigenvalue weighted by atomic mass is 9.96. The van der Waals surface area contributed by atoms with Gasteiger partial charge in [-0.15, -0.1) is 0 Å². The summed E-state index contributed by atoms with van der Waals surface area (Å²) in [6, 6.07) is 10.6. The van der Waals surface area contributed by atoms with Gasteiger partial charge in [-0.05, 0) is 67.0 Å². The molecule has 1 aromatic heterocycles. The first-order valence-corrected chi connectivity index (χ1v) is 9.07. The molecule has 0 aliphatic heterocycles. The molecule has 1 aromatic carbocycles. The summed E-state index contributed by atoms with van der Waals surface area (Å²) in [5.74, 6) is 0.0713. The molecule has 1 aliphatic carbocycles. The number of carbonyl (C=O) groups is 1.